The number of carbonyl (C=O) groups is 1. The number of halogens is 1. The third-order valence-corrected chi connectivity index (χ3v) is 2.54. The van der Waals surface area contributed by atoms with Crippen molar-refractivity contribution in [3.05, 3.63) is 44.7 Å². The molecule has 0 amide bonds. The molecule has 5 heteroatoms. The van der Waals surface area contributed by atoms with Crippen molar-refractivity contribution in [3.63, 3.8) is 0 Å². The molecular weight excluding hydrogens is 288 g/mol. The van der Waals surface area contributed by atoms with Gasteiger partial charge in [0.15, 0.2) is 11.0 Å². The quantitative estimate of drug-likeness (QED) is 0.877. The Morgan fingerprint density at radius 2 is 2.00 bits per heavy atom. The van der Waals surface area contributed by atoms with Crippen molar-refractivity contribution >= 4 is 32.9 Å². The van der Waals surface area contributed by atoms with Gasteiger partial charge in [0.05, 0.1) is 9.86 Å². The monoisotopic (exact) mass is 298 g/mol. The van der Waals surface area contributed by atoms with E-state index in [1.165, 1.54) is 0 Å². The third-order valence-electron chi connectivity index (χ3n) is 1.92. The van der Waals surface area contributed by atoms with E-state index in [9.17, 15) is 9.59 Å². The molecular formula is C12H11BrO4. The molecule has 0 unspecified atom stereocenters. The maximum absolute atomic E-state index is 11.5. The van der Waals surface area contributed by atoms with E-state index < -0.39 is 5.97 Å². The van der Waals surface area contributed by atoms with Crippen LogP contribution in [-0.2, 0) is 0 Å². The van der Waals surface area contributed by atoms with E-state index in [4.69, 9.17) is 9.52 Å². The second-order valence-electron chi connectivity index (χ2n) is 2.90. The van der Waals surface area contributed by atoms with Crippen LogP contribution < -0.4 is 5.43 Å². The minimum Gasteiger partial charge on any atom is -0.475 e. The first kappa shape index (κ1) is 13.4. The van der Waals surface area contributed by atoms with Gasteiger partial charge in [0.2, 0.25) is 5.76 Å². The van der Waals surface area contributed by atoms with Crippen molar-refractivity contribution in [2.75, 3.05) is 0 Å². The molecule has 0 radical (unpaired) electrons. The highest BCUT2D eigenvalue weighted by molar-refractivity contribution is 9.10. The largest absolute Gasteiger partial charge is 0.475 e. The van der Waals surface area contributed by atoms with Crippen LogP contribution in [0.1, 0.15) is 24.4 Å². The van der Waals surface area contributed by atoms with Crippen LogP contribution in [0.15, 0.2) is 37.9 Å². The van der Waals surface area contributed by atoms with Crippen molar-refractivity contribution < 1.29 is 14.3 Å². The molecule has 17 heavy (non-hydrogen) atoms. The van der Waals surface area contributed by atoms with Crippen molar-refractivity contribution in [1.82, 2.24) is 0 Å². The molecule has 90 valence electrons. The standard InChI is InChI=1S/C10H5BrO4.C2H6/c11-6-3-1-2-5-7(12)4-8(10(13)14)15-9(5)6;1-2/h1-4H,(H,13,14);1-2H3. The maximum atomic E-state index is 11.5. The average Bonchev–Trinajstić information content (AvgIpc) is 2.33. The van der Waals surface area contributed by atoms with Crippen molar-refractivity contribution in [2.45, 2.75) is 13.8 Å². The SMILES string of the molecule is CC.O=C(O)c1cc(=O)c2cccc(Br)c2o1. The Kier molecular flexibility index (Phi) is 4.45. The van der Waals surface area contributed by atoms with Gasteiger partial charge in [0.25, 0.3) is 0 Å². The fourth-order valence-corrected chi connectivity index (χ4v) is 1.70. The van der Waals surface area contributed by atoms with Crippen LogP contribution in [0.4, 0.5) is 0 Å². The van der Waals surface area contributed by atoms with Crippen LogP contribution in [-0.4, -0.2) is 11.1 Å². The zero-order valence-corrected chi connectivity index (χ0v) is 10.9. The summed E-state index contributed by atoms with van der Waals surface area (Å²) in [6, 6.07) is 5.91. The molecule has 1 N–H and O–H groups in total. The molecule has 2 rings (SSSR count). The fourth-order valence-electron chi connectivity index (χ4n) is 1.25. The molecule has 0 atom stereocenters. The van der Waals surface area contributed by atoms with Gasteiger partial charge in [-0.2, -0.15) is 0 Å². The summed E-state index contributed by atoms with van der Waals surface area (Å²) < 4.78 is 5.64. The van der Waals surface area contributed by atoms with Gasteiger partial charge in [0, 0.05) is 6.07 Å². The molecule has 1 heterocycles. The van der Waals surface area contributed by atoms with Crippen LogP contribution in [0.3, 0.4) is 0 Å². The summed E-state index contributed by atoms with van der Waals surface area (Å²) in [5, 5.41) is 9.07. The van der Waals surface area contributed by atoms with E-state index in [1.807, 2.05) is 13.8 Å². The predicted molar refractivity (Wildman–Crippen MR) is 68.5 cm³/mol. The molecule has 0 aliphatic carbocycles. The first-order valence-corrected chi connectivity index (χ1v) is 5.84. The van der Waals surface area contributed by atoms with Crippen LogP contribution in [0.5, 0.6) is 0 Å². The molecule has 0 aliphatic rings. The van der Waals surface area contributed by atoms with E-state index in [0.29, 0.717) is 9.86 Å². The summed E-state index contributed by atoms with van der Waals surface area (Å²) in [4.78, 5) is 22.2. The number of rotatable bonds is 1. The van der Waals surface area contributed by atoms with Crippen LogP contribution in [0.25, 0.3) is 11.0 Å². The Morgan fingerprint density at radius 3 is 2.59 bits per heavy atom. The lowest BCUT2D eigenvalue weighted by atomic mass is 10.2. The van der Waals surface area contributed by atoms with Gasteiger partial charge >= 0.3 is 5.97 Å². The van der Waals surface area contributed by atoms with Crippen LogP contribution in [0, 0.1) is 0 Å². The smallest absolute Gasteiger partial charge is 0.371 e. The van der Waals surface area contributed by atoms with E-state index in [0.717, 1.165) is 6.07 Å². The number of carboxylic acid groups (broad SMARTS) is 1. The summed E-state index contributed by atoms with van der Waals surface area (Å²) in [6.45, 7) is 4.00. The topological polar surface area (TPSA) is 67.5 Å². The van der Waals surface area contributed by atoms with Gasteiger partial charge < -0.3 is 9.52 Å². The number of aromatic carboxylic acids is 1. The highest BCUT2D eigenvalue weighted by atomic mass is 79.9. The highest BCUT2D eigenvalue weighted by Gasteiger charge is 2.11. The lowest BCUT2D eigenvalue weighted by molar-refractivity contribution is 0.0663. The van der Waals surface area contributed by atoms with Gasteiger partial charge in [-0.3, -0.25) is 4.79 Å². The van der Waals surface area contributed by atoms with Crippen LogP contribution >= 0.6 is 15.9 Å². The zero-order valence-electron chi connectivity index (χ0n) is 9.36. The van der Waals surface area contributed by atoms with Crippen molar-refractivity contribution in [3.8, 4) is 0 Å². The molecule has 0 aliphatic heterocycles. The number of para-hydroxylation sites is 1. The highest BCUT2D eigenvalue weighted by Crippen LogP contribution is 2.22. The van der Waals surface area contributed by atoms with Gasteiger partial charge in [-0.05, 0) is 28.1 Å². The maximum Gasteiger partial charge on any atom is 0.371 e. The third kappa shape index (κ3) is 2.74. The van der Waals surface area contributed by atoms with Gasteiger partial charge in [-0.1, -0.05) is 19.9 Å². The predicted octanol–water partition coefficient (Wildman–Crippen LogP) is 3.28. The molecule has 1 aromatic carbocycles. The summed E-state index contributed by atoms with van der Waals surface area (Å²) in [5.74, 6) is -1.62. The van der Waals surface area contributed by atoms with Crippen molar-refractivity contribution in [1.29, 1.82) is 0 Å². The van der Waals surface area contributed by atoms with Gasteiger partial charge in [0.1, 0.15) is 0 Å². The summed E-state index contributed by atoms with van der Waals surface area (Å²) >= 11 is 3.19. The number of benzene rings is 1. The van der Waals surface area contributed by atoms with Crippen LogP contribution in [0.2, 0.25) is 0 Å². The molecule has 1 aromatic heterocycles. The molecule has 4 nitrogen and oxygen atoms in total. The Morgan fingerprint density at radius 1 is 1.35 bits per heavy atom. The molecule has 0 fully saturated rings. The Labute approximate surface area is 106 Å². The van der Waals surface area contributed by atoms with E-state index in [-0.39, 0.29) is 16.8 Å². The number of hydrogen-bond donors (Lipinski definition) is 1. The Hall–Kier alpha value is -1.62. The summed E-state index contributed by atoms with van der Waals surface area (Å²) in [6.07, 6.45) is 0. The van der Waals surface area contributed by atoms with Gasteiger partial charge in [-0.15, -0.1) is 0 Å². The van der Waals surface area contributed by atoms with E-state index in [1.54, 1.807) is 18.2 Å². The summed E-state index contributed by atoms with van der Waals surface area (Å²) in [7, 11) is 0. The Balaban J connectivity index is 0.000000686. The second-order valence-corrected chi connectivity index (χ2v) is 3.75. The normalized spacial score (nSPS) is 9.59. The molecule has 0 saturated carbocycles. The zero-order chi connectivity index (χ0) is 13.0. The molecule has 2 aromatic rings. The first-order valence-electron chi connectivity index (χ1n) is 5.05. The second kappa shape index (κ2) is 5.63. The van der Waals surface area contributed by atoms with E-state index >= 15 is 0 Å². The minimum atomic E-state index is -1.26. The lowest BCUT2D eigenvalue weighted by Gasteiger charge is -2.00. The molecule has 0 saturated heterocycles. The lowest BCUT2D eigenvalue weighted by Crippen LogP contribution is -2.06. The average molecular weight is 299 g/mol. The number of hydrogen-bond acceptors (Lipinski definition) is 3. The minimum absolute atomic E-state index is 0.252. The van der Waals surface area contributed by atoms with E-state index in [2.05, 4.69) is 15.9 Å². The van der Waals surface area contributed by atoms with Crippen molar-refractivity contribution in [2.24, 2.45) is 0 Å². The molecule has 0 bridgehead atoms. The number of fused-ring (bicyclic) bond motifs is 1. The Bertz CT molecular complexity index is 601. The molecule has 0 spiro atoms. The summed E-state index contributed by atoms with van der Waals surface area (Å²) in [5.41, 5.74) is -0.114. The van der Waals surface area contributed by atoms with Gasteiger partial charge in [-0.25, -0.2) is 4.79 Å². The fraction of sp³-hybridized carbons (Fsp3) is 0.167. The number of carboxylic acids is 1. The first-order chi connectivity index (χ1) is 8.09.